The van der Waals surface area contributed by atoms with Gasteiger partial charge >= 0.3 is 0 Å². The molecule has 1 aliphatic heterocycles. The van der Waals surface area contributed by atoms with E-state index in [9.17, 15) is 4.79 Å². The van der Waals surface area contributed by atoms with Crippen LogP contribution in [0.3, 0.4) is 0 Å². The van der Waals surface area contributed by atoms with Gasteiger partial charge in [-0.3, -0.25) is 9.78 Å². The maximum absolute atomic E-state index is 11.5. The Balaban J connectivity index is 1.59. The number of amides is 1. The summed E-state index contributed by atoms with van der Waals surface area (Å²) in [5.74, 6) is 1.37. The second kappa shape index (κ2) is 7.07. The third kappa shape index (κ3) is 3.76. The van der Waals surface area contributed by atoms with E-state index < -0.39 is 0 Å². The van der Waals surface area contributed by atoms with Gasteiger partial charge in [0.15, 0.2) is 0 Å². The van der Waals surface area contributed by atoms with E-state index in [1.54, 1.807) is 6.92 Å². The van der Waals surface area contributed by atoms with Crippen LogP contribution >= 0.6 is 0 Å². The Morgan fingerprint density at radius 2 is 1.95 bits per heavy atom. The minimum atomic E-state index is 0.160. The number of hydrogen-bond acceptors (Lipinski definition) is 4. The summed E-state index contributed by atoms with van der Waals surface area (Å²) in [6.07, 6.45) is 12.3. The topological polar surface area (TPSA) is 58.1 Å². The summed E-state index contributed by atoms with van der Waals surface area (Å²) in [5.41, 5.74) is 1.01. The number of carbonyl (C=O) groups excluding carboxylic acids is 1. The maximum Gasteiger partial charge on any atom is 0.219 e. The largest absolute Gasteiger partial charge is 0.366 e. The van der Waals surface area contributed by atoms with Crippen LogP contribution in [-0.4, -0.2) is 39.9 Å². The van der Waals surface area contributed by atoms with Crippen molar-refractivity contribution in [3.05, 3.63) is 18.1 Å². The van der Waals surface area contributed by atoms with E-state index in [4.69, 9.17) is 0 Å². The summed E-state index contributed by atoms with van der Waals surface area (Å²) in [5, 5.41) is 3.50. The predicted octanol–water partition coefficient (Wildman–Crippen LogP) is 2.95. The highest BCUT2D eigenvalue weighted by molar-refractivity contribution is 5.73. The standard InChI is InChI=1S/C17H26N4O/c1-13(22)21-9-5-6-14(12-21)16-10-19-17(11-18-16)20-15-7-3-2-4-8-15/h10-11,14-15H,2-9,12H2,1H3,(H,19,20)/t14-/m1/s1. The van der Waals surface area contributed by atoms with Crippen LogP contribution in [0.5, 0.6) is 0 Å². The molecule has 0 aromatic carbocycles. The molecule has 2 fully saturated rings. The fourth-order valence-corrected chi connectivity index (χ4v) is 3.58. The fraction of sp³-hybridized carbons (Fsp3) is 0.706. The molecule has 1 aromatic rings. The second-order valence-corrected chi connectivity index (χ2v) is 6.61. The third-order valence-corrected chi connectivity index (χ3v) is 4.91. The van der Waals surface area contributed by atoms with Crippen molar-refractivity contribution in [3.63, 3.8) is 0 Å². The summed E-state index contributed by atoms with van der Waals surface area (Å²) >= 11 is 0. The molecule has 1 amide bonds. The lowest BCUT2D eigenvalue weighted by Crippen LogP contribution is -2.37. The second-order valence-electron chi connectivity index (χ2n) is 6.61. The van der Waals surface area contributed by atoms with Gasteiger partial charge < -0.3 is 10.2 Å². The lowest BCUT2D eigenvalue weighted by Gasteiger charge is -2.31. The van der Waals surface area contributed by atoms with E-state index in [-0.39, 0.29) is 5.91 Å². The lowest BCUT2D eigenvalue weighted by atomic mass is 9.95. The molecule has 1 aromatic heterocycles. The quantitative estimate of drug-likeness (QED) is 0.932. The lowest BCUT2D eigenvalue weighted by molar-refractivity contribution is -0.130. The van der Waals surface area contributed by atoms with Crippen molar-refractivity contribution in [2.45, 2.75) is 63.8 Å². The molecule has 1 saturated heterocycles. The molecule has 5 nitrogen and oxygen atoms in total. The molecule has 2 heterocycles. The number of anilines is 1. The molecule has 0 bridgehead atoms. The maximum atomic E-state index is 11.5. The first-order chi connectivity index (χ1) is 10.7. The number of hydrogen-bond donors (Lipinski definition) is 1. The average molecular weight is 302 g/mol. The molecular weight excluding hydrogens is 276 g/mol. The number of piperidine rings is 1. The fourth-order valence-electron chi connectivity index (χ4n) is 3.58. The summed E-state index contributed by atoms with van der Waals surface area (Å²) in [6, 6.07) is 0.553. The number of rotatable bonds is 3. The zero-order valence-corrected chi connectivity index (χ0v) is 13.4. The first-order valence-electron chi connectivity index (χ1n) is 8.56. The van der Waals surface area contributed by atoms with Gasteiger partial charge in [-0.1, -0.05) is 19.3 Å². The van der Waals surface area contributed by atoms with Gasteiger partial charge in [-0.15, -0.1) is 0 Å². The Morgan fingerprint density at radius 3 is 2.64 bits per heavy atom. The first-order valence-corrected chi connectivity index (χ1v) is 8.56. The highest BCUT2D eigenvalue weighted by Crippen LogP contribution is 2.26. The van der Waals surface area contributed by atoms with Crippen LogP contribution in [0.15, 0.2) is 12.4 Å². The predicted molar refractivity (Wildman–Crippen MR) is 86.8 cm³/mol. The molecule has 0 radical (unpaired) electrons. The van der Waals surface area contributed by atoms with Crippen LogP contribution < -0.4 is 5.32 Å². The van der Waals surface area contributed by atoms with Crippen molar-refractivity contribution in [1.29, 1.82) is 0 Å². The van der Waals surface area contributed by atoms with Crippen molar-refractivity contribution in [3.8, 4) is 0 Å². The van der Waals surface area contributed by atoms with Crippen LogP contribution in [0.2, 0.25) is 0 Å². The molecule has 22 heavy (non-hydrogen) atoms. The molecule has 2 aliphatic rings. The van der Waals surface area contributed by atoms with Crippen molar-refractivity contribution < 1.29 is 4.79 Å². The number of likely N-dealkylation sites (tertiary alicyclic amines) is 1. The Morgan fingerprint density at radius 1 is 1.14 bits per heavy atom. The van der Waals surface area contributed by atoms with Crippen LogP contribution in [0.4, 0.5) is 5.82 Å². The van der Waals surface area contributed by atoms with Gasteiger partial charge in [-0.05, 0) is 25.7 Å². The Bertz CT molecular complexity index is 496. The Labute approximate surface area is 132 Å². The Hall–Kier alpha value is -1.65. The van der Waals surface area contributed by atoms with E-state index in [0.717, 1.165) is 37.4 Å². The summed E-state index contributed by atoms with van der Waals surface area (Å²) in [6.45, 7) is 3.30. The number of nitrogens with zero attached hydrogens (tertiary/aromatic N) is 3. The molecule has 3 rings (SSSR count). The van der Waals surface area contributed by atoms with E-state index in [1.165, 1.54) is 32.1 Å². The zero-order chi connectivity index (χ0) is 15.4. The van der Waals surface area contributed by atoms with Crippen LogP contribution in [0, 0.1) is 0 Å². The van der Waals surface area contributed by atoms with Gasteiger partial charge in [0.25, 0.3) is 0 Å². The molecule has 1 aliphatic carbocycles. The van der Waals surface area contributed by atoms with Gasteiger partial charge in [-0.25, -0.2) is 4.98 Å². The monoisotopic (exact) mass is 302 g/mol. The molecule has 0 spiro atoms. The molecule has 5 heteroatoms. The first kappa shape index (κ1) is 15.3. The van der Waals surface area contributed by atoms with Crippen LogP contribution in [-0.2, 0) is 4.79 Å². The molecule has 1 atom stereocenters. The van der Waals surface area contributed by atoms with E-state index >= 15 is 0 Å². The number of nitrogens with one attached hydrogen (secondary N) is 1. The summed E-state index contributed by atoms with van der Waals surface area (Å²) < 4.78 is 0. The van der Waals surface area contributed by atoms with Crippen LogP contribution in [0.1, 0.15) is 63.5 Å². The van der Waals surface area contributed by atoms with Crippen molar-refractivity contribution >= 4 is 11.7 Å². The van der Waals surface area contributed by atoms with Crippen molar-refractivity contribution in [2.75, 3.05) is 18.4 Å². The van der Waals surface area contributed by atoms with Crippen molar-refractivity contribution in [2.24, 2.45) is 0 Å². The molecule has 1 N–H and O–H groups in total. The summed E-state index contributed by atoms with van der Waals surface area (Å²) in [7, 11) is 0. The summed E-state index contributed by atoms with van der Waals surface area (Å²) in [4.78, 5) is 22.6. The van der Waals surface area contributed by atoms with Gasteiger partial charge in [0.2, 0.25) is 5.91 Å². The SMILES string of the molecule is CC(=O)N1CCC[C@@H](c2cnc(NC3CCCCC3)cn2)C1. The molecule has 0 unspecified atom stereocenters. The number of aromatic nitrogens is 2. The molecule has 120 valence electrons. The minimum absolute atomic E-state index is 0.160. The zero-order valence-electron chi connectivity index (χ0n) is 13.4. The minimum Gasteiger partial charge on any atom is -0.366 e. The van der Waals surface area contributed by atoms with Gasteiger partial charge in [0, 0.05) is 32.0 Å². The smallest absolute Gasteiger partial charge is 0.219 e. The normalized spacial score (nSPS) is 23.3. The number of carbonyl (C=O) groups is 1. The van der Waals surface area contributed by atoms with Gasteiger partial charge in [-0.2, -0.15) is 0 Å². The molecule has 1 saturated carbocycles. The highest BCUT2D eigenvalue weighted by Gasteiger charge is 2.24. The van der Waals surface area contributed by atoms with E-state index in [0.29, 0.717) is 12.0 Å². The highest BCUT2D eigenvalue weighted by atomic mass is 16.2. The van der Waals surface area contributed by atoms with E-state index in [1.807, 2.05) is 17.3 Å². The van der Waals surface area contributed by atoms with Gasteiger partial charge in [0.05, 0.1) is 18.1 Å². The van der Waals surface area contributed by atoms with Crippen molar-refractivity contribution in [1.82, 2.24) is 14.9 Å². The van der Waals surface area contributed by atoms with Crippen LogP contribution in [0.25, 0.3) is 0 Å². The van der Waals surface area contributed by atoms with E-state index in [2.05, 4.69) is 15.3 Å². The third-order valence-electron chi connectivity index (χ3n) is 4.91. The molecular formula is C17H26N4O. The average Bonchev–Trinajstić information content (AvgIpc) is 2.56. The van der Waals surface area contributed by atoms with Gasteiger partial charge in [0.1, 0.15) is 5.82 Å². The Kier molecular flexibility index (Phi) is 4.90.